The SMILES string of the molecule is CCC(C)(C)C(=O)OC(C)(C)C1CCC(C)C(O)C1.CCC(C)(C)C(=O)OC(CC)(CC)C12CC3CC(CC(C3)C1)C2.CCC(C)(C)C(=O)OC12CC3CC(CC(O)(C3)C1)C2.CCC(C)(C)C(=O)OC12CC3CC(O)(CC(O)(C3)C1)C2.CCC(C)(C)C(=O)OC1C2CC3C(=O)OC1C3C2.CCC(C)(C)C(=O)OC1C2CC3C(=O)OC1C3C2.CCC(C)(C)C(=O)OC1C2CC3C(=O)OC1C3C2. The maximum absolute atomic E-state index is 12.9. The minimum atomic E-state index is -0.842. The second-order valence-corrected chi connectivity index (χ2v) is 52.6. The number of fused-ring (bicyclic) bond motifs is 3. The van der Waals surface area contributed by atoms with Crippen LogP contribution >= 0.6 is 0 Å². The molecule has 22 rings (SSSR count). The van der Waals surface area contributed by atoms with Gasteiger partial charge in [0.25, 0.3) is 0 Å². The van der Waals surface area contributed by atoms with Gasteiger partial charge in [0.2, 0.25) is 0 Å². The van der Waals surface area contributed by atoms with Crippen LogP contribution in [0.25, 0.3) is 0 Å². The third kappa shape index (κ3) is 21.5. The molecule has 24 nitrogen and oxygen atoms in total. The van der Waals surface area contributed by atoms with E-state index in [0.717, 1.165) is 178 Å². The summed E-state index contributed by atoms with van der Waals surface area (Å²) in [6.07, 6.45) is 31.8. The van der Waals surface area contributed by atoms with Gasteiger partial charge in [-0.1, -0.05) is 69.2 Å². The highest BCUT2D eigenvalue weighted by Crippen LogP contribution is 2.68. The molecule has 22 unspecified atom stereocenters. The average molecular weight is 1900 g/mol. The summed E-state index contributed by atoms with van der Waals surface area (Å²) in [7, 11) is 0. The van der Waals surface area contributed by atoms with E-state index in [4.69, 9.17) is 47.4 Å². The molecule has 3 aliphatic heterocycles. The summed E-state index contributed by atoms with van der Waals surface area (Å²) in [4.78, 5) is 121. The Hall–Kier alpha value is -5.46. The van der Waals surface area contributed by atoms with E-state index in [2.05, 4.69) is 27.7 Å². The molecule has 0 amide bonds. The molecule has 766 valence electrons. The summed E-state index contributed by atoms with van der Waals surface area (Å²) >= 11 is 0. The fourth-order valence-corrected chi connectivity index (χ4v) is 29.0. The topological polar surface area (TPSA) is 344 Å². The Morgan fingerprint density at radius 3 is 0.963 bits per heavy atom. The number of aliphatic hydroxyl groups is 4. The van der Waals surface area contributed by atoms with Crippen LogP contribution in [0.4, 0.5) is 0 Å². The molecule has 19 aliphatic carbocycles. The van der Waals surface area contributed by atoms with Gasteiger partial charge in [-0.3, -0.25) is 47.9 Å². The van der Waals surface area contributed by atoms with Crippen LogP contribution in [-0.4, -0.2) is 162 Å². The van der Waals surface area contributed by atoms with E-state index in [1.165, 1.54) is 44.9 Å². The van der Waals surface area contributed by atoms with Crippen LogP contribution in [0, 0.1) is 144 Å². The smallest absolute Gasteiger partial charge is 0.312 e. The first kappa shape index (κ1) is 107. The quantitative estimate of drug-likeness (QED) is 0.0487. The number of ether oxygens (including phenoxy) is 10. The van der Waals surface area contributed by atoms with Gasteiger partial charge in [0.15, 0.2) is 0 Å². The van der Waals surface area contributed by atoms with Crippen LogP contribution in [0.2, 0.25) is 0 Å². The summed E-state index contributed by atoms with van der Waals surface area (Å²) in [5.74, 6) is 5.67. The Kier molecular flexibility index (Phi) is 30.6. The standard InChI is InChI=1S/C21H36O2.C16H26O4.C16H26O3.C16H30O3.3C14H20O4/c1-6-19(4,5)18(22)23-21(7-2,8-3)20-12-15-9-16(13-20)11-17(10-15)14-20;1-4-13(2,3)12(17)20-16-7-11-5-14(18,9-16)8-15(19,6-11)10-16;1-4-14(2,3)13(17)19-16-8-11-5-12(9-16)7-15(18,6-11)10-16;1-7-15(3,4)14(18)19-16(5,6)12-9-8-11(2)13(17)10-12;3*1-4-14(2,3)13(16)18-10-7-5-8-9(6-7)12(15)17-11(8)10/h15-17H,6-14H2,1-5H3;11,18-19H,4-10H2,1-3H3;11-12,18H,4-10H2,1-3H3;11-13,17H,7-10H2,1-6H3;3*7-11H,4-6H2,1-3H3. The largest absolute Gasteiger partial charge is 0.459 e. The van der Waals surface area contributed by atoms with E-state index < -0.39 is 60.5 Å². The third-order valence-corrected chi connectivity index (χ3v) is 39.5. The fourth-order valence-electron chi connectivity index (χ4n) is 29.0. The average Bonchev–Trinajstić information content (AvgIpc) is 1.71. The summed E-state index contributed by atoms with van der Waals surface area (Å²) in [5.41, 5.74) is -6.78. The molecular weight excluding hydrogens is 1720 g/mol. The van der Waals surface area contributed by atoms with E-state index in [1.807, 2.05) is 152 Å². The van der Waals surface area contributed by atoms with Gasteiger partial charge in [0.1, 0.15) is 59.0 Å². The molecule has 19 saturated carbocycles. The van der Waals surface area contributed by atoms with Gasteiger partial charge in [-0.05, 0) is 358 Å². The van der Waals surface area contributed by atoms with Crippen molar-refractivity contribution in [3.05, 3.63) is 0 Å². The highest BCUT2D eigenvalue weighted by atomic mass is 16.6. The van der Waals surface area contributed by atoms with E-state index in [0.29, 0.717) is 78.9 Å². The zero-order valence-electron chi connectivity index (χ0n) is 87.8. The van der Waals surface area contributed by atoms with Crippen LogP contribution in [0.1, 0.15) is 411 Å². The van der Waals surface area contributed by atoms with Crippen LogP contribution < -0.4 is 0 Å². The zero-order valence-corrected chi connectivity index (χ0v) is 87.8. The van der Waals surface area contributed by atoms with Gasteiger partial charge < -0.3 is 67.8 Å². The summed E-state index contributed by atoms with van der Waals surface area (Å²) in [6, 6.07) is 0. The lowest BCUT2D eigenvalue weighted by Crippen LogP contribution is -2.67. The van der Waals surface area contributed by atoms with Gasteiger partial charge >= 0.3 is 59.7 Å². The number of carbonyl (C=O) groups is 10. The van der Waals surface area contributed by atoms with Crippen LogP contribution in [0.3, 0.4) is 0 Å². The monoisotopic (exact) mass is 1900 g/mol. The second kappa shape index (κ2) is 38.7. The highest BCUT2D eigenvalue weighted by molar-refractivity contribution is 5.82. The van der Waals surface area contributed by atoms with Crippen molar-refractivity contribution < 1.29 is 116 Å². The van der Waals surface area contributed by atoms with Crippen molar-refractivity contribution in [3.63, 3.8) is 0 Å². The minimum Gasteiger partial charge on any atom is -0.459 e. The van der Waals surface area contributed by atoms with Crippen molar-refractivity contribution in [2.75, 3.05) is 0 Å². The van der Waals surface area contributed by atoms with Crippen molar-refractivity contribution in [2.24, 2.45) is 144 Å². The molecule has 18 bridgehead atoms. The maximum Gasteiger partial charge on any atom is 0.312 e. The predicted octanol–water partition coefficient (Wildman–Crippen LogP) is 20.2. The first-order valence-corrected chi connectivity index (χ1v) is 53.6. The zero-order chi connectivity index (χ0) is 99.7. The van der Waals surface area contributed by atoms with E-state index in [1.54, 1.807) is 0 Å². The Morgan fingerprint density at radius 1 is 0.333 bits per heavy atom. The number of hydrogen-bond donors (Lipinski definition) is 4. The molecule has 3 heterocycles. The third-order valence-electron chi connectivity index (χ3n) is 39.5. The maximum atomic E-state index is 12.9. The van der Waals surface area contributed by atoms with Crippen LogP contribution in [0.15, 0.2) is 0 Å². The lowest BCUT2D eigenvalue weighted by atomic mass is 9.44. The fraction of sp³-hybridized carbons (Fsp3) is 0.910. The molecule has 0 aromatic rings. The van der Waals surface area contributed by atoms with E-state index >= 15 is 0 Å². The molecule has 0 aromatic carbocycles. The first-order valence-electron chi connectivity index (χ1n) is 53.6. The molecule has 0 aromatic heterocycles. The molecular formula is C111H178O24. The molecule has 135 heavy (non-hydrogen) atoms. The summed E-state index contributed by atoms with van der Waals surface area (Å²) in [6.45, 7) is 51.5. The predicted molar refractivity (Wildman–Crippen MR) is 508 cm³/mol. The summed E-state index contributed by atoms with van der Waals surface area (Å²) in [5, 5.41) is 42.0. The molecule has 0 radical (unpaired) electrons. The molecule has 4 N–H and O–H groups in total. The number of carbonyl (C=O) groups excluding carboxylic acids is 10. The number of esters is 10. The van der Waals surface area contributed by atoms with Crippen molar-refractivity contribution in [1.82, 2.24) is 0 Å². The van der Waals surface area contributed by atoms with Gasteiger partial charge in [0.05, 0.1) is 78.6 Å². The van der Waals surface area contributed by atoms with Crippen molar-refractivity contribution in [1.29, 1.82) is 0 Å². The van der Waals surface area contributed by atoms with Gasteiger partial charge in [-0.15, -0.1) is 0 Å². The molecule has 3 saturated heterocycles. The van der Waals surface area contributed by atoms with Crippen molar-refractivity contribution >= 4 is 59.7 Å². The lowest BCUT2D eigenvalue weighted by molar-refractivity contribution is -0.264. The Bertz CT molecular complexity index is 4080. The molecule has 24 heteroatoms. The van der Waals surface area contributed by atoms with Crippen LogP contribution in [0.5, 0.6) is 0 Å². The molecule has 22 aliphatic rings. The second-order valence-electron chi connectivity index (χ2n) is 52.6. The Morgan fingerprint density at radius 2 is 0.637 bits per heavy atom. The lowest BCUT2D eigenvalue weighted by Gasteiger charge is -2.63. The van der Waals surface area contributed by atoms with Crippen LogP contribution in [-0.2, 0) is 95.3 Å². The van der Waals surface area contributed by atoms with Gasteiger partial charge in [-0.2, -0.15) is 0 Å². The molecule has 0 spiro atoms. The molecule has 22 fully saturated rings. The molecule has 22 atom stereocenters. The Labute approximate surface area is 808 Å². The number of aliphatic hydroxyl groups excluding tert-OH is 1. The number of hydrogen-bond acceptors (Lipinski definition) is 24. The first-order chi connectivity index (χ1) is 62.6. The minimum absolute atomic E-state index is 0.0273. The van der Waals surface area contributed by atoms with Crippen molar-refractivity contribution in [3.8, 4) is 0 Å². The van der Waals surface area contributed by atoms with Gasteiger partial charge in [0, 0.05) is 72.5 Å². The highest BCUT2D eigenvalue weighted by Gasteiger charge is 2.70. The van der Waals surface area contributed by atoms with Crippen molar-refractivity contribution in [2.45, 2.75) is 493 Å². The Balaban J connectivity index is 0.000000134. The van der Waals surface area contributed by atoms with Gasteiger partial charge in [-0.25, -0.2) is 0 Å². The number of rotatable bonds is 25. The summed E-state index contributed by atoms with van der Waals surface area (Å²) < 4.78 is 57.2. The van der Waals surface area contributed by atoms with E-state index in [-0.39, 0.29) is 154 Å². The normalized spacial score (nSPS) is 39.9. The van der Waals surface area contributed by atoms with E-state index in [9.17, 15) is 68.4 Å².